The Morgan fingerprint density at radius 3 is 2.64 bits per heavy atom. The lowest BCUT2D eigenvalue weighted by Crippen LogP contribution is -2.42. The minimum Gasteiger partial charge on any atom is -0.480 e. The number of carboxylic acids is 1. The molecule has 1 aromatic rings. The Labute approximate surface area is 131 Å². The summed E-state index contributed by atoms with van der Waals surface area (Å²) < 4.78 is 31.5. The van der Waals surface area contributed by atoms with E-state index < -0.39 is 27.9 Å². The molecule has 0 spiro atoms. The summed E-state index contributed by atoms with van der Waals surface area (Å²) in [6.45, 7) is 2.38. The monoisotopic (exact) mass is 348 g/mol. The molecule has 0 aliphatic carbocycles. The molecule has 2 N–H and O–H groups in total. The molecule has 1 atom stereocenters. The predicted octanol–water partition coefficient (Wildman–Crippen LogP) is -0.0281. The lowest BCUT2D eigenvalue weighted by atomic mass is 10.3. The fourth-order valence-electron chi connectivity index (χ4n) is 1.92. The van der Waals surface area contributed by atoms with Crippen molar-refractivity contribution in [2.24, 2.45) is 0 Å². The van der Waals surface area contributed by atoms with Gasteiger partial charge in [-0.3, -0.25) is 9.59 Å². The van der Waals surface area contributed by atoms with E-state index in [1.165, 1.54) is 22.7 Å². The van der Waals surface area contributed by atoms with Crippen molar-refractivity contribution in [3.8, 4) is 0 Å². The van der Waals surface area contributed by atoms with Crippen molar-refractivity contribution in [3.05, 3.63) is 16.3 Å². The number of nitrogens with zero attached hydrogens (tertiary/aromatic N) is 1. The Kier molecular flexibility index (Phi) is 5.16. The van der Waals surface area contributed by atoms with Crippen LogP contribution in [-0.4, -0.2) is 62.1 Å². The highest BCUT2D eigenvalue weighted by atomic mass is 32.2. The fourth-order valence-corrected chi connectivity index (χ4v) is 4.63. The third kappa shape index (κ3) is 3.46. The molecule has 1 aromatic heterocycles. The van der Waals surface area contributed by atoms with Gasteiger partial charge in [-0.15, -0.1) is 11.3 Å². The van der Waals surface area contributed by atoms with E-state index in [-0.39, 0.29) is 22.9 Å². The zero-order valence-corrected chi connectivity index (χ0v) is 13.4. The predicted molar refractivity (Wildman–Crippen MR) is 78.5 cm³/mol. The van der Waals surface area contributed by atoms with Crippen LogP contribution in [0.2, 0.25) is 0 Å². The average Bonchev–Trinajstić information content (AvgIpc) is 2.98. The van der Waals surface area contributed by atoms with Gasteiger partial charge in [-0.2, -0.15) is 4.31 Å². The van der Waals surface area contributed by atoms with Crippen molar-refractivity contribution in [2.45, 2.75) is 17.9 Å². The molecule has 10 heteroatoms. The second kappa shape index (κ2) is 6.73. The Morgan fingerprint density at radius 2 is 2.05 bits per heavy atom. The van der Waals surface area contributed by atoms with Crippen molar-refractivity contribution < 1.29 is 27.9 Å². The summed E-state index contributed by atoms with van der Waals surface area (Å²) in [4.78, 5) is 22.8. The lowest BCUT2D eigenvalue weighted by Gasteiger charge is -2.26. The van der Waals surface area contributed by atoms with Crippen molar-refractivity contribution in [1.29, 1.82) is 0 Å². The molecule has 1 aliphatic rings. The second-order valence-corrected chi connectivity index (χ2v) is 7.49. The van der Waals surface area contributed by atoms with Gasteiger partial charge in [0.15, 0.2) is 0 Å². The van der Waals surface area contributed by atoms with E-state index in [9.17, 15) is 18.0 Å². The van der Waals surface area contributed by atoms with Gasteiger partial charge in [-0.05, 0) is 18.4 Å². The fraction of sp³-hybridized carbons (Fsp3) is 0.500. The quantitative estimate of drug-likeness (QED) is 0.773. The Balaban J connectivity index is 2.25. The highest BCUT2D eigenvalue weighted by Gasteiger charge is 2.31. The molecule has 22 heavy (non-hydrogen) atoms. The summed E-state index contributed by atoms with van der Waals surface area (Å²) in [5.74, 6) is -1.90. The second-order valence-electron chi connectivity index (χ2n) is 4.66. The van der Waals surface area contributed by atoms with Crippen LogP contribution in [0.1, 0.15) is 16.6 Å². The van der Waals surface area contributed by atoms with Gasteiger partial charge in [0.2, 0.25) is 10.0 Å². The number of carboxylic acid groups (broad SMARTS) is 1. The molecule has 0 saturated carbocycles. The number of morpholine rings is 1. The van der Waals surface area contributed by atoms with Gasteiger partial charge < -0.3 is 15.2 Å². The Hall–Kier alpha value is -1.49. The van der Waals surface area contributed by atoms with Gasteiger partial charge in [0.05, 0.1) is 13.2 Å². The highest BCUT2D eigenvalue weighted by molar-refractivity contribution is 7.89. The van der Waals surface area contributed by atoms with Crippen LogP contribution in [0.5, 0.6) is 0 Å². The summed E-state index contributed by atoms with van der Waals surface area (Å²) in [7, 11) is -3.79. The molecule has 2 heterocycles. The van der Waals surface area contributed by atoms with E-state index in [1.807, 2.05) is 0 Å². The number of carbonyl (C=O) groups is 2. The van der Waals surface area contributed by atoms with Crippen molar-refractivity contribution >= 4 is 33.2 Å². The normalized spacial score (nSPS) is 17.9. The number of thiophene rings is 1. The minimum atomic E-state index is -3.79. The topological polar surface area (TPSA) is 113 Å². The maximum atomic E-state index is 12.6. The van der Waals surface area contributed by atoms with Crippen molar-refractivity contribution in [2.75, 3.05) is 26.3 Å². The molecule has 1 amide bonds. The molecule has 122 valence electrons. The standard InChI is InChI=1S/C12H16N2O6S2/c1-8(12(16)17)13-11(15)10-9(2-7-21-10)22(18,19)14-3-5-20-6-4-14/h2,7-8H,3-6H2,1H3,(H,13,15)(H,16,17). The van der Waals surface area contributed by atoms with Crippen LogP contribution in [-0.2, 0) is 19.6 Å². The third-order valence-corrected chi connectivity index (χ3v) is 6.12. The number of carbonyl (C=O) groups excluding carboxylic acids is 1. The molecule has 1 aliphatic heterocycles. The first-order chi connectivity index (χ1) is 10.3. The summed E-state index contributed by atoms with van der Waals surface area (Å²) in [6.07, 6.45) is 0. The van der Waals surface area contributed by atoms with Crippen molar-refractivity contribution in [3.63, 3.8) is 0 Å². The minimum absolute atomic E-state index is 0.0143. The SMILES string of the molecule is CC(NC(=O)c1sccc1S(=O)(=O)N1CCOCC1)C(=O)O. The zero-order valence-electron chi connectivity index (χ0n) is 11.8. The smallest absolute Gasteiger partial charge is 0.325 e. The number of nitrogens with one attached hydrogen (secondary N) is 1. The molecule has 1 fully saturated rings. The molecule has 1 saturated heterocycles. The number of rotatable bonds is 5. The first-order valence-corrected chi connectivity index (χ1v) is 8.85. The molecule has 0 aromatic carbocycles. The van der Waals surface area contributed by atoms with Gasteiger partial charge in [-0.1, -0.05) is 0 Å². The number of sulfonamides is 1. The van der Waals surface area contributed by atoms with E-state index in [1.54, 1.807) is 0 Å². The summed E-state index contributed by atoms with van der Waals surface area (Å²) in [6, 6.07) is 0.254. The number of amides is 1. The van der Waals surface area contributed by atoms with Crippen LogP contribution in [0.3, 0.4) is 0 Å². The van der Waals surface area contributed by atoms with Crippen LogP contribution in [0.15, 0.2) is 16.3 Å². The molecular weight excluding hydrogens is 332 g/mol. The number of hydrogen-bond acceptors (Lipinski definition) is 6. The number of hydrogen-bond donors (Lipinski definition) is 2. The van der Waals surface area contributed by atoms with Crippen LogP contribution >= 0.6 is 11.3 Å². The summed E-state index contributed by atoms with van der Waals surface area (Å²) in [5.41, 5.74) is 0. The van der Waals surface area contributed by atoms with Crippen LogP contribution in [0.4, 0.5) is 0 Å². The van der Waals surface area contributed by atoms with E-state index in [4.69, 9.17) is 9.84 Å². The van der Waals surface area contributed by atoms with Gasteiger partial charge >= 0.3 is 5.97 Å². The number of aliphatic carboxylic acids is 1. The maximum absolute atomic E-state index is 12.6. The van der Waals surface area contributed by atoms with Crippen molar-refractivity contribution in [1.82, 2.24) is 9.62 Å². The lowest BCUT2D eigenvalue weighted by molar-refractivity contribution is -0.138. The van der Waals surface area contributed by atoms with E-state index in [0.29, 0.717) is 13.2 Å². The Bertz CT molecular complexity index is 663. The van der Waals surface area contributed by atoms with E-state index in [2.05, 4.69) is 5.32 Å². The summed E-state index contributed by atoms with van der Waals surface area (Å²) in [5, 5.41) is 12.6. The molecule has 0 bridgehead atoms. The van der Waals surface area contributed by atoms with E-state index >= 15 is 0 Å². The van der Waals surface area contributed by atoms with E-state index in [0.717, 1.165) is 11.3 Å². The summed E-state index contributed by atoms with van der Waals surface area (Å²) >= 11 is 0.960. The van der Waals surface area contributed by atoms with Gasteiger partial charge in [0, 0.05) is 13.1 Å². The number of ether oxygens (including phenoxy) is 1. The maximum Gasteiger partial charge on any atom is 0.325 e. The van der Waals surface area contributed by atoms with Gasteiger partial charge in [0.25, 0.3) is 5.91 Å². The highest BCUT2D eigenvalue weighted by Crippen LogP contribution is 2.25. The average molecular weight is 348 g/mol. The van der Waals surface area contributed by atoms with Crippen LogP contribution in [0.25, 0.3) is 0 Å². The molecule has 8 nitrogen and oxygen atoms in total. The molecular formula is C12H16N2O6S2. The zero-order chi connectivity index (χ0) is 16.3. The Morgan fingerprint density at radius 1 is 1.41 bits per heavy atom. The van der Waals surface area contributed by atoms with Crippen LogP contribution in [0, 0.1) is 0 Å². The molecule has 2 rings (SSSR count). The van der Waals surface area contributed by atoms with Gasteiger partial charge in [-0.25, -0.2) is 8.42 Å². The molecule has 1 unspecified atom stereocenters. The molecule has 0 radical (unpaired) electrons. The van der Waals surface area contributed by atoms with Gasteiger partial charge in [0.1, 0.15) is 15.8 Å². The van der Waals surface area contributed by atoms with Crippen LogP contribution < -0.4 is 5.32 Å². The largest absolute Gasteiger partial charge is 0.480 e. The first kappa shape index (κ1) is 16.9. The third-order valence-electron chi connectivity index (χ3n) is 3.14. The first-order valence-electron chi connectivity index (χ1n) is 6.53.